The maximum Gasteiger partial charge on any atom is 0.344 e. The van der Waals surface area contributed by atoms with Crippen molar-refractivity contribution in [2.24, 2.45) is 0 Å². The summed E-state index contributed by atoms with van der Waals surface area (Å²) in [7, 11) is 0. The highest BCUT2D eigenvalue weighted by Gasteiger charge is 2.26. The summed E-state index contributed by atoms with van der Waals surface area (Å²) in [4.78, 5) is 33.4. The summed E-state index contributed by atoms with van der Waals surface area (Å²) in [6, 6.07) is 5.96. The number of unbranched alkanes of at least 4 members (excludes halogenated alkanes) is 1. The zero-order chi connectivity index (χ0) is 20.0. The summed E-state index contributed by atoms with van der Waals surface area (Å²) in [5, 5.41) is 19.6. The van der Waals surface area contributed by atoms with E-state index in [0.717, 1.165) is 35.7 Å². The lowest BCUT2D eigenvalue weighted by Crippen LogP contribution is -2.28. The molecule has 0 aliphatic rings. The topological polar surface area (TPSA) is 104 Å². The van der Waals surface area contributed by atoms with Gasteiger partial charge < -0.3 is 15.1 Å². The number of nitrogens with zero attached hydrogens (tertiary/aromatic N) is 3. The number of hydrogen-bond donors (Lipinski definition) is 2. The summed E-state index contributed by atoms with van der Waals surface area (Å²) in [5.74, 6) is -2.39. The molecular formula is C20H25N3O4. The minimum atomic E-state index is -1.46. The van der Waals surface area contributed by atoms with E-state index in [-0.39, 0.29) is 12.1 Å². The molecule has 0 saturated heterocycles. The van der Waals surface area contributed by atoms with Gasteiger partial charge in [-0.05, 0) is 43.9 Å². The SMILES string of the molecule is CCCCc1ccc2ncnc(N(CC)C(CC)=C(C(=O)O)C(=O)O)c2c1. The van der Waals surface area contributed by atoms with Crippen molar-refractivity contribution in [3.63, 3.8) is 0 Å². The van der Waals surface area contributed by atoms with Gasteiger partial charge in [0, 0.05) is 17.6 Å². The third-order valence-corrected chi connectivity index (χ3v) is 4.45. The maximum absolute atomic E-state index is 11.5. The van der Waals surface area contributed by atoms with Crippen LogP contribution in [0.4, 0.5) is 5.82 Å². The van der Waals surface area contributed by atoms with Crippen LogP contribution in [0.3, 0.4) is 0 Å². The average molecular weight is 371 g/mol. The second-order valence-electron chi connectivity index (χ2n) is 6.18. The number of hydrogen-bond acceptors (Lipinski definition) is 5. The smallest absolute Gasteiger partial charge is 0.344 e. The summed E-state index contributed by atoms with van der Waals surface area (Å²) >= 11 is 0. The number of benzene rings is 1. The lowest BCUT2D eigenvalue weighted by Gasteiger charge is -2.26. The molecule has 7 nitrogen and oxygen atoms in total. The number of carboxylic acid groups (broad SMARTS) is 2. The van der Waals surface area contributed by atoms with Crippen LogP contribution in [0, 0.1) is 0 Å². The van der Waals surface area contributed by atoms with Crippen molar-refractivity contribution >= 4 is 28.7 Å². The molecule has 2 rings (SSSR count). The molecule has 0 radical (unpaired) electrons. The van der Waals surface area contributed by atoms with Crippen LogP contribution in [0.1, 0.15) is 45.6 Å². The zero-order valence-corrected chi connectivity index (χ0v) is 15.9. The first-order valence-electron chi connectivity index (χ1n) is 9.15. The third-order valence-electron chi connectivity index (χ3n) is 4.45. The molecule has 1 heterocycles. The molecule has 1 aromatic heterocycles. The number of aromatic nitrogens is 2. The number of carboxylic acids is 2. The van der Waals surface area contributed by atoms with Crippen molar-refractivity contribution in [1.29, 1.82) is 0 Å². The molecular weight excluding hydrogens is 346 g/mol. The Kier molecular flexibility index (Phi) is 6.87. The van der Waals surface area contributed by atoms with E-state index < -0.39 is 17.5 Å². The highest BCUT2D eigenvalue weighted by molar-refractivity contribution is 6.13. The first-order valence-corrected chi connectivity index (χ1v) is 9.15. The van der Waals surface area contributed by atoms with E-state index in [9.17, 15) is 19.8 Å². The van der Waals surface area contributed by atoms with Crippen molar-refractivity contribution in [3.05, 3.63) is 41.4 Å². The van der Waals surface area contributed by atoms with Crippen LogP contribution in [0.15, 0.2) is 35.8 Å². The van der Waals surface area contributed by atoms with Crippen molar-refractivity contribution in [2.45, 2.75) is 46.5 Å². The fraction of sp³-hybridized carbons (Fsp3) is 0.400. The molecule has 2 N–H and O–H groups in total. The molecule has 0 bridgehead atoms. The third kappa shape index (κ3) is 4.42. The van der Waals surface area contributed by atoms with Crippen LogP contribution in [0.5, 0.6) is 0 Å². The number of allylic oxidation sites excluding steroid dienone is 1. The standard InChI is InChI=1S/C20H25N3O4/c1-4-7-8-13-9-10-15-14(11-13)18(22-12-21-15)23(6-3)16(5-2)17(19(24)25)20(26)27/h9-12H,4-8H2,1-3H3,(H,24,25)(H,26,27). The van der Waals surface area contributed by atoms with Gasteiger partial charge in [-0.1, -0.05) is 26.3 Å². The molecule has 0 spiro atoms. The van der Waals surface area contributed by atoms with Crippen LogP contribution < -0.4 is 4.90 Å². The number of fused-ring (bicyclic) bond motifs is 1. The molecule has 0 unspecified atom stereocenters. The van der Waals surface area contributed by atoms with Crippen LogP contribution >= 0.6 is 0 Å². The largest absolute Gasteiger partial charge is 0.477 e. The van der Waals surface area contributed by atoms with Gasteiger partial charge in [-0.2, -0.15) is 0 Å². The van der Waals surface area contributed by atoms with E-state index in [4.69, 9.17) is 0 Å². The number of aliphatic carboxylic acids is 2. The van der Waals surface area contributed by atoms with Gasteiger partial charge in [-0.3, -0.25) is 0 Å². The molecule has 0 aliphatic heterocycles. The van der Waals surface area contributed by atoms with E-state index in [2.05, 4.69) is 16.9 Å². The quantitative estimate of drug-likeness (QED) is 0.394. The van der Waals surface area contributed by atoms with E-state index in [1.54, 1.807) is 11.8 Å². The predicted octanol–water partition coefficient (Wildman–Crippen LogP) is 3.63. The first kappa shape index (κ1) is 20.4. The minimum absolute atomic E-state index is 0.219. The molecule has 0 fully saturated rings. The minimum Gasteiger partial charge on any atom is -0.477 e. The molecule has 7 heteroatoms. The van der Waals surface area contributed by atoms with E-state index in [1.165, 1.54) is 6.33 Å². The summed E-state index contributed by atoms with van der Waals surface area (Å²) < 4.78 is 0. The van der Waals surface area contributed by atoms with Gasteiger partial charge in [0.25, 0.3) is 0 Å². The first-order chi connectivity index (χ1) is 12.9. The molecule has 0 saturated carbocycles. The van der Waals surface area contributed by atoms with Crippen molar-refractivity contribution in [1.82, 2.24) is 9.97 Å². The number of anilines is 1. The molecule has 0 amide bonds. The molecule has 144 valence electrons. The number of rotatable bonds is 9. The van der Waals surface area contributed by atoms with Crippen molar-refractivity contribution in [3.8, 4) is 0 Å². The fourth-order valence-corrected chi connectivity index (χ4v) is 3.15. The number of aryl methyl sites for hydroxylation is 1. The normalized spacial score (nSPS) is 10.6. The average Bonchev–Trinajstić information content (AvgIpc) is 2.65. The molecule has 2 aromatic rings. The van der Waals surface area contributed by atoms with Gasteiger partial charge in [0.1, 0.15) is 12.1 Å². The van der Waals surface area contributed by atoms with Crippen LogP contribution in [0.2, 0.25) is 0 Å². The Morgan fingerprint density at radius 3 is 2.33 bits per heavy atom. The Morgan fingerprint density at radius 1 is 1.07 bits per heavy atom. The lowest BCUT2D eigenvalue weighted by atomic mass is 10.0. The van der Waals surface area contributed by atoms with Gasteiger partial charge in [0.2, 0.25) is 0 Å². The second-order valence-corrected chi connectivity index (χ2v) is 6.18. The fourth-order valence-electron chi connectivity index (χ4n) is 3.15. The van der Waals surface area contributed by atoms with Gasteiger partial charge in [-0.15, -0.1) is 0 Å². The molecule has 0 aliphatic carbocycles. The Morgan fingerprint density at radius 2 is 1.78 bits per heavy atom. The monoisotopic (exact) mass is 371 g/mol. The van der Waals surface area contributed by atoms with E-state index in [0.29, 0.717) is 12.4 Å². The highest BCUT2D eigenvalue weighted by atomic mass is 16.4. The van der Waals surface area contributed by atoms with Crippen LogP contribution in [-0.2, 0) is 16.0 Å². The van der Waals surface area contributed by atoms with Crippen LogP contribution in [-0.4, -0.2) is 38.7 Å². The Hall–Kier alpha value is -2.96. The molecule has 27 heavy (non-hydrogen) atoms. The van der Waals surface area contributed by atoms with E-state index in [1.807, 2.05) is 25.1 Å². The Bertz CT molecular complexity index is 861. The van der Waals surface area contributed by atoms with Gasteiger partial charge in [-0.25, -0.2) is 19.6 Å². The van der Waals surface area contributed by atoms with Gasteiger partial charge >= 0.3 is 11.9 Å². The summed E-state index contributed by atoms with van der Waals surface area (Å²) in [6.45, 7) is 6.09. The maximum atomic E-state index is 11.5. The highest BCUT2D eigenvalue weighted by Crippen LogP contribution is 2.29. The molecule has 0 atom stereocenters. The Labute approximate surface area is 158 Å². The Balaban J connectivity index is 2.68. The number of carbonyl (C=O) groups is 2. The predicted molar refractivity (Wildman–Crippen MR) is 104 cm³/mol. The van der Waals surface area contributed by atoms with Crippen molar-refractivity contribution < 1.29 is 19.8 Å². The van der Waals surface area contributed by atoms with Crippen LogP contribution in [0.25, 0.3) is 10.9 Å². The second kappa shape index (κ2) is 9.12. The summed E-state index contributed by atoms with van der Waals surface area (Å²) in [6.07, 6.45) is 4.75. The van der Waals surface area contributed by atoms with E-state index >= 15 is 0 Å². The van der Waals surface area contributed by atoms with Gasteiger partial charge in [0.05, 0.1) is 5.52 Å². The summed E-state index contributed by atoms with van der Waals surface area (Å²) in [5.41, 5.74) is 1.47. The zero-order valence-electron chi connectivity index (χ0n) is 15.9. The lowest BCUT2D eigenvalue weighted by molar-refractivity contribution is -0.140. The van der Waals surface area contributed by atoms with Crippen molar-refractivity contribution in [2.75, 3.05) is 11.4 Å². The van der Waals surface area contributed by atoms with Gasteiger partial charge in [0.15, 0.2) is 5.57 Å². The molecule has 1 aromatic carbocycles.